The van der Waals surface area contributed by atoms with Crippen LogP contribution >= 0.6 is 12.4 Å². The average Bonchev–Trinajstić information content (AvgIpc) is 2.90. The second kappa shape index (κ2) is 10.3. The maximum Gasteiger partial charge on any atom is 0.226 e. The summed E-state index contributed by atoms with van der Waals surface area (Å²) in [6.07, 6.45) is 1.32. The van der Waals surface area contributed by atoms with Gasteiger partial charge in [-0.25, -0.2) is 0 Å². The van der Waals surface area contributed by atoms with E-state index in [1.54, 1.807) is 19.1 Å². The monoisotopic (exact) mass is 369 g/mol. The number of carbonyl (C=O) groups excluding carboxylic acids is 2. The number of carbonyl (C=O) groups is 2. The molecule has 0 aliphatic carbocycles. The van der Waals surface area contributed by atoms with Gasteiger partial charge >= 0.3 is 0 Å². The Morgan fingerprint density at radius 3 is 2.52 bits per heavy atom. The molecule has 2 N–H and O–H groups in total. The molecule has 2 rings (SSSR count). The lowest BCUT2D eigenvalue weighted by atomic mass is 9.93. The Labute approximate surface area is 155 Å². The third kappa shape index (κ3) is 5.34. The minimum atomic E-state index is -0.359. The van der Waals surface area contributed by atoms with Crippen molar-refractivity contribution in [2.75, 3.05) is 33.8 Å². The van der Waals surface area contributed by atoms with Gasteiger partial charge in [0, 0.05) is 26.6 Å². The normalized spacial score (nSPS) is 19.5. The van der Waals surface area contributed by atoms with Crippen LogP contribution in [0.5, 0.6) is 5.75 Å². The number of ether oxygens (including phenoxy) is 1. The third-order valence-electron chi connectivity index (χ3n) is 4.41. The van der Waals surface area contributed by atoms with Gasteiger partial charge in [0.15, 0.2) is 0 Å². The molecule has 6 nitrogen and oxygen atoms in total. The first-order valence-corrected chi connectivity index (χ1v) is 8.46. The zero-order chi connectivity index (χ0) is 17.5. The highest BCUT2D eigenvalue weighted by Crippen LogP contribution is 2.37. The molecule has 2 atom stereocenters. The molecule has 2 unspecified atom stereocenters. The van der Waals surface area contributed by atoms with Crippen LogP contribution in [0.2, 0.25) is 0 Å². The molecule has 2 amide bonds. The first-order valence-electron chi connectivity index (χ1n) is 8.46. The number of methoxy groups -OCH3 is 1. The van der Waals surface area contributed by atoms with Crippen molar-refractivity contribution in [3.63, 3.8) is 0 Å². The molecule has 0 saturated carbocycles. The molecule has 0 spiro atoms. The summed E-state index contributed by atoms with van der Waals surface area (Å²) < 4.78 is 5.17. The molecule has 1 heterocycles. The fourth-order valence-corrected chi connectivity index (χ4v) is 3.07. The van der Waals surface area contributed by atoms with Crippen molar-refractivity contribution in [2.24, 2.45) is 5.92 Å². The number of hydrogen-bond acceptors (Lipinski definition) is 4. The van der Waals surface area contributed by atoms with Crippen LogP contribution in [0.1, 0.15) is 31.4 Å². The van der Waals surface area contributed by atoms with Gasteiger partial charge in [0.05, 0.1) is 19.1 Å². The molecular formula is C18H28ClN3O3. The Morgan fingerprint density at radius 1 is 1.24 bits per heavy atom. The largest absolute Gasteiger partial charge is 0.497 e. The van der Waals surface area contributed by atoms with Gasteiger partial charge < -0.3 is 20.3 Å². The summed E-state index contributed by atoms with van der Waals surface area (Å²) in [6.45, 7) is 4.35. The molecule has 1 aromatic rings. The van der Waals surface area contributed by atoms with Gasteiger partial charge in [-0.3, -0.25) is 9.59 Å². The van der Waals surface area contributed by atoms with Gasteiger partial charge in [0.2, 0.25) is 11.8 Å². The Hall–Kier alpha value is -1.79. The maximum atomic E-state index is 12.5. The third-order valence-corrected chi connectivity index (χ3v) is 4.41. The van der Waals surface area contributed by atoms with Crippen molar-refractivity contribution in [1.82, 2.24) is 15.5 Å². The quantitative estimate of drug-likeness (QED) is 0.685. The Kier molecular flexibility index (Phi) is 8.72. The molecule has 1 saturated heterocycles. The van der Waals surface area contributed by atoms with Crippen LogP contribution in [0.25, 0.3) is 0 Å². The van der Waals surface area contributed by atoms with E-state index in [1.165, 1.54) is 0 Å². The number of rotatable bonds is 8. The molecule has 1 aliphatic rings. The van der Waals surface area contributed by atoms with Gasteiger partial charge in [0.1, 0.15) is 5.75 Å². The lowest BCUT2D eigenvalue weighted by molar-refractivity contribution is -0.128. The Morgan fingerprint density at radius 2 is 1.92 bits per heavy atom. The van der Waals surface area contributed by atoms with Crippen molar-refractivity contribution in [2.45, 2.75) is 25.8 Å². The van der Waals surface area contributed by atoms with Crippen LogP contribution in [-0.4, -0.2) is 50.5 Å². The van der Waals surface area contributed by atoms with Gasteiger partial charge in [-0.2, -0.15) is 0 Å². The van der Waals surface area contributed by atoms with Crippen molar-refractivity contribution < 1.29 is 14.3 Å². The van der Waals surface area contributed by atoms with E-state index >= 15 is 0 Å². The van der Waals surface area contributed by atoms with Gasteiger partial charge in [-0.1, -0.05) is 19.1 Å². The number of halogens is 1. The summed E-state index contributed by atoms with van der Waals surface area (Å²) in [5.41, 5.74) is 0.952. The Balaban J connectivity index is 0.00000312. The number of benzene rings is 1. The fraction of sp³-hybridized carbons (Fsp3) is 0.556. The fourth-order valence-electron chi connectivity index (χ4n) is 3.07. The predicted octanol–water partition coefficient (Wildman–Crippen LogP) is 1.75. The molecule has 0 radical (unpaired) electrons. The summed E-state index contributed by atoms with van der Waals surface area (Å²) in [7, 11) is 3.37. The molecule has 1 aliphatic heterocycles. The number of nitrogens with zero attached hydrogens (tertiary/aromatic N) is 1. The van der Waals surface area contributed by atoms with E-state index in [0.717, 1.165) is 30.8 Å². The van der Waals surface area contributed by atoms with Crippen LogP contribution in [0.3, 0.4) is 0 Å². The van der Waals surface area contributed by atoms with Crippen molar-refractivity contribution in [3.05, 3.63) is 29.8 Å². The number of likely N-dealkylation sites (tertiary alicyclic amines) is 1. The number of nitrogens with one attached hydrogen (secondary N) is 2. The molecular weight excluding hydrogens is 342 g/mol. The molecule has 7 heteroatoms. The van der Waals surface area contributed by atoms with Gasteiger partial charge in [-0.15, -0.1) is 12.4 Å². The topological polar surface area (TPSA) is 70.7 Å². The van der Waals surface area contributed by atoms with Crippen LogP contribution in [0, 0.1) is 5.92 Å². The summed E-state index contributed by atoms with van der Waals surface area (Å²) in [4.78, 5) is 26.3. The Bertz CT molecular complexity index is 565. The molecule has 0 aromatic heterocycles. The highest BCUT2D eigenvalue weighted by molar-refractivity contribution is 5.90. The van der Waals surface area contributed by atoms with Crippen molar-refractivity contribution in [3.8, 4) is 5.75 Å². The predicted molar refractivity (Wildman–Crippen MR) is 100 cm³/mol. The van der Waals surface area contributed by atoms with E-state index < -0.39 is 0 Å². The van der Waals surface area contributed by atoms with E-state index in [4.69, 9.17) is 4.74 Å². The smallest absolute Gasteiger partial charge is 0.226 e. The van der Waals surface area contributed by atoms with Gasteiger partial charge in [0.25, 0.3) is 0 Å². The van der Waals surface area contributed by atoms with Crippen LogP contribution < -0.4 is 15.4 Å². The first kappa shape index (κ1) is 21.3. The summed E-state index contributed by atoms with van der Waals surface area (Å²) in [5, 5.41) is 6.19. The van der Waals surface area contributed by atoms with E-state index in [-0.39, 0.29) is 42.6 Å². The second-order valence-electron chi connectivity index (χ2n) is 6.07. The molecule has 1 fully saturated rings. The minimum absolute atomic E-state index is 0. The number of hydrogen-bond donors (Lipinski definition) is 2. The van der Waals surface area contributed by atoms with E-state index in [1.807, 2.05) is 24.3 Å². The first-order chi connectivity index (χ1) is 11.6. The highest BCUT2D eigenvalue weighted by atomic mass is 35.5. The average molecular weight is 370 g/mol. The summed E-state index contributed by atoms with van der Waals surface area (Å²) in [5.74, 6) is 0.336. The molecule has 140 valence electrons. The zero-order valence-corrected chi connectivity index (χ0v) is 15.9. The van der Waals surface area contributed by atoms with Crippen LogP contribution in [0.4, 0.5) is 0 Å². The van der Waals surface area contributed by atoms with Crippen LogP contribution in [-0.2, 0) is 9.59 Å². The molecule has 25 heavy (non-hydrogen) atoms. The highest BCUT2D eigenvalue weighted by Gasteiger charge is 2.42. The standard InChI is InChI=1S/C18H27N3O3.ClH/c1-4-9-19-10-11-20-18(23)15-12-16(22)21(2)17(15)13-5-7-14(24-3)8-6-13;/h5-8,15,17,19H,4,9-12H2,1-3H3,(H,20,23);1H. The lowest BCUT2D eigenvalue weighted by Crippen LogP contribution is -2.38. The van der Waals surface area contributed by atoms with E-state index in [0.29, 0.717) is 6.54 Å². The zero-order valence-electron chi connectivity index (χ0n) is 15.1. The van der Waals surface area contributed by atoms with E-state index in [2.05, 4.69) is 17.6 Å². The van der Waals surface area contributed by atoms with Gasteiger partial charge in [-0.05, 0) is 30.7 Å². The SMILES string of the molecule is CCCNCCNC(=O)C1CC(=O)N(C)C1c1ccc(OC)cc1.Cl. The molecule has 1 aromatic carbocycles. The second-order valence-corrected chi connectivity index (χ2v) is 6.07. The van der Waals surface area contributed by atoms with Crippen molar-refractivity contribution in [1.29, 1.82) is 0 Å². The van der Waals surface area contributed by atoms with Crippen molar-refractivity contribution >= 4 is 24.2 Å². The summed E-state index contributed by atoms with van der Waals surface area (Å²) >= 11 is 0. The summed E-state index contributed by atoms with van der Waals surface area (Å²) in [6, 6.07) is 7.32. The molecule has 0 bridgehead atoms. The lowest BCUT2D eigenvalue weighted by Gasteiger charge is -2.25. The minimum Gasteiger partial charge on any atom is -0.497 e. The van der Waals surface area contributed by atoms with E-state index in [9.17, 15) is 9.59 Å². The maximum absolute atomic E-state index is 12.5. The number of amides is 2. The van der Waals surface area contributed by atoms with Crippen LogP contribution in [0.15, 0.2) is 24.3 Å².